The third-order valence-corrected chi connectivity index (χ3v) is 1.82. The van der Waals surface area contributed by atoms with Crippen LogP contribution in [-0.4, -0.2) is 14.7 Å². The van der Waals surface area contributed by atoms with Gasteiger partial charge in [-0.3, -0.25) is 0 Å². The predicted molar refractivity (Wildman–Crippen MR) is 44.7 cm³/mol. The monoisotopic (exact) mass is 229 g/mol. The molecule has 5 nitrogen and oxygen atoms in total. The van der Waals surface area contributed by atoms with Gasteiger partial charge in [-0.05, 0) is 15.9 Å². The standard InChI is InChI=1S/C6H4BrN3O2/c1-10-5-4(6(11)12-10)9-3(7)2-8-5/h2H,1H3. The van der Waals surface area contributed by atoms with Crippen LogP contribution < -0.4 is 5.63 Å². The van der Waals surface area contributed by atoms with Gasteiger partial charge in [0.1, 0.15) is 4.60 Å². The molecule has 0 amide bonds. The summed E-state index contributed by atoms with van der Waals surface area (Å²) in [6, 6.07) is 0. The van der Waals surface area contributed by atoms with Gasteiger partial charge in [0.05, 0.1) is 6.20 Å². The molecule has 2 aromatic rings. The van der Waals surface area contributed by atoms with Crippen molar-refractivity contribution in [3.05, 3.63) is 21.2 Å². The second kappa shape index (κ2) is 2.41. The molecule has 2 heterocycles. The highest BCUT2D eigenvalue weighted by molar-refractivity contribution is 9.10. The molecule has 6 heteroatoms. The lowest BCUT2D eigenvalue weighted by Crippen LogP contribution is -1.94. The zero-order valence-electron chi connectivity index (χ0n) is 6.11. The summed E-state index contributed by atoms with van der Waals surface area (Å²) >= 11 is 3.11. The molecule has 0 atom stereocenters. The quantitative estimate of drug-likeness (QED) is 0.667. The van der Waals surface area contributed by atoms with Crippen LogP contribution in [0.3, 0.4) is 0 Å². The molecular weight excluding hydrogens is 226 g/mol. The van der Waals surface area contributed by atoms with Crippen LogP contribution in [0.5, 0.6) is 0 Å². The van der Waals surface area contributed by atoms with Crippen molar-refractivity contribution in [1.82, 2.24) is 14.7 Å². The van der Waals surface area contributed by atoms with Crippen LogP contribution >= 0.6 is 15.9 Å². The van der Waals surface area contributed by atoms with Crippen LogP contribution in [0.4, 0.5) is 0 Å². The summed E-state index contributed by atoms with van der Waals surface area (Å²) in [5, 5.41) is 0. The lowest BCUT2D eigenvalue weighted by molar-refractivity contribution is 0.294. The number of aromatic nitrogens is 3. The van der Waals surface area contributed by atoms with Crippen molar-refractivity contribution in [2.45, 2.75) is 0 Å². The Morgan fingerprint density at radius 2 is 2.42 bits per heavy atom. The Morgan fingerprint density at radius 1 is 1.67 bits per heavy atom. The number of halogens is 1. The molecule has 0 fully saturated rings. The van der Waals surface area contributed by atoms with Gasteiger partial charge in [-0.2, -0.15) is 4.74 Å². The summed E-state index contributed by atoms with van der Waals surface area (Å²) in [7, 11) is 1.60. The maximum Gasteiger partial charge on any atom is 0.385 e. The van der Waals surface area contributed by atoms with Crippen LogP contribution in [0, 0.1) is 0 Å². The SMILES string of the molecule is Cn1oc(=O)c2nc(Br)cnc21. The Kier molecular flexibility index (Phi) is 1.50. The van der Waals surface area contributed by atoms with Gasteiger partial charge < -0.3 is 4.52 Å². The lowest BCUT2D eigenvalue weighted by Gasteiger charge is -1.89. The molecule has 0 unspecified atom stereocenters. The second-order valence-electron chi connectivity index (χ2n) is 2.24. The topological polar surface area (TPSA) is 60.9 Å². The highest BCUT2D eigenvalue weighted by atomic mass is 79.9. The summed E-state index contributed by atoms with van der Waals surface area (Å²) in [4.78, 5) is 18.9. The van der Waals surface area contributed by atoms with E-state index in [9.17, 15) is 4.79 Å². The minimum atomic E-state index is -0.471. The number of nitrogens with zero attached hydrogens (tertiary/aromatic N) is 3. The van der Waals surface area contributed by atoms with Crippen molar-refractivity contribution < 1.29 is 4.52 Å². The van der Waals surface area contributed by atoms with E-state index in [0.29, 0.717) is 10.3 Å². The van der Waals surface area contributed by atoms with E-state index in [4.69, 9.17) is 4.52 Å². The van der Waals surface area contributed by atoms with E-state index in [2.05, 4.69) is 25.9 Å². The molecular formula is C6H4BrN3O2. The first-order chi connectivity index (χ1) is 5.68. The molecule has 0 aromatic carbocycles. The average molecular weight is 230 g/mol. The van der Waals surface area contributed by atoms with Gasteiger partial charge >= 0.3 is 5.63 Å². The van der Waals surface area contributed by atoms with Crippen molar-refractivity contribution in [3.63, 3.8) is 0 Å². The third kappa shape index (κ3) is 0.953. The van der Waals surface area contributed by atoms with Gasteiger partial charge in [-0.1, -0.05) is 0 Å². The molecule has 0 spiro atoms. The van der Waals surface area contributed by atoms with Gasteiger partial charge in [-0.25, -0.2) is 14.8 Å². The first-order valence-corrected chi connectivity index (χ1v) is 3.96. The van der Waals surface area contributed by atoms with Crippen molar-refractivity contribution in [1.29, 1.82) is 0 Å². The third-order valence-electron chi connectivity index (χ3n) is 1.44. The molecule has 0 aliphatic carbocycles. The molecule has 0 N–H and O–H groups in total. The maximum atomic E-state index is 11.0. The fraction of sp³-hybridized carbons (Fsp3) is 0.167. The summed E-state index contributed by atoms with van der Waals surface area (Å²) in [5.41, 5.74) is 0.219. The Hall–Kier alpha value is -1.17. The summed E-state index contributed by atoms with van der Waals surface area (Å²) in [5.74, 6) is 0. The fourth-order valence-electron chi connectivity index (χ4n) is 0.939. The first-order valence-electron chi connectivity index (χ1n) is 3.17. The molecule has 0 aliphatic rings. The average Bonchev–Trinajstić information content (AvgIpc) is 2.28. The second-order valence-corrected chi connectivity index (χ2v) is 3.05. The van der Waals surface area contributed by atoms with Gasteiger partial charge in [0, 0.05) is 7.05 Å². The highest BCUT2D eigenvalue weighted by Crippen LogP contribution is 2.08. The Labute approximate surface area is 75.1 Å². The first kappa shape index (κ1) is 7.48. The molecule has 0 saturated heterocycles. The van der Waals surface area contributed by atoms with E-state index in [-0.39, 0.29) is 5.52 Å². The van der Waals surface area contributed by atoms with Crippen LogP contribution in [0.1, 0.15) is 0 Å². The van der Waals surface area contributed by atoms with Gasteiger partial charge in [0.25, 0.3) is 0 Å². The molecule has 12 heavy (non-hydrogen) atoms. The van der Waals surface area contributed by atoms with Crippen LogP contribution in [0.25, 0.3) is 11.2 Å². The van der Waals surface area contributed by atoms with Crippen molar-refractivity contribution in [2.24, 2.45) is 7.05 Å². The molecule has 2 rings (SSSR count). The molecule has 0 bridgehead atoms. The van der Waals surface area contributed by atoms with E-state index in [1.165, 1.54) is 10.9 Å². The number of hydrogen-bond donors (Lipinski definition) is 0. The van der Waals surface area contributed by atoms with E-state index in [1.807, 2.05) is 0 Å². The zero-order chi connectivity index (χ0) is 8.72. The Balaban J connectivity index is 3.00. The van der Waals surface area contributed by atoms with Gasteiger partial charge in [0.15, 0.2) is 11.2 Å². The van der Waals surface area contributed by atoms with E-state index in [0.717, 1.165) is 0 Å². The van der Waals surface area contributed by atoms with Crippen molar-refractivity contribution in [3.8, 4) is 0 Å². The van der Waals surface area contributed by atoms with E-state index >= 15 is 0 Å². The fourth-order valence-corrected chi connectivity index (χ4v) is 1.22. The molecule has 2 aromatic heterocycles. The molecule has 0 saturated carbocycles. The van der Waals surface area contributed by atoms with Crippen molar-refractivity contribution >= 4 is 27.1 Å². The molecule has 0 aliphatic heterocycles. The Bertz CT molecular complexity index is 487. The Morgan fingerprint density at radius 3 is 3.17 bits per heavy atom. The normalized spacial score (nSPS) is 10.8. The lowest BCUT2D eigenvalue weighted by atomic mass is 10.5. The van der Waals surface area contributed by atoms with Crippen molar-refractivity contribution in [2.75, 3.05) is 0 Å². The summed E-state index contributed by atoms with van der Waals surface area (Å²) < 4.78 is 6.55. The van der Waals surface area contributed by atoms with Crippen LogP contribution in [0.2, 0.25) is 0 Å². The number of fused-ring (bicyclic) bond motifs is 1. The van der Waals surface area contributed by atoms with Gasteiger partial charge in [-0.15, -0.1) is 0 Å². The number of aryl methyl sites for hydroxylation is 1. The predicted octanol–water partition coefficient (Wildman–Crippen LogP) is 0.684. The summed E-state index contributed by atoms with van der Waals surface area (Å²) in [6.45, 7) is 0. The van der Waals surface area contributed by atoms with E-state index < -0.39 is 5.63 Å². The smallest absolute Gasteiger partial charge is 0.332 e. The highest BCUT2D eigenvalue weighted by Gasteiger charge is 2.08. The number of hydrogen-bond acceptors (Lipinski definition) is 4. The molecule has 62 valence electrons. The minimum Gasteiger partial charge on any atom is -0.332 e. The molecule has 0 radical (unpaired) electrons. The number of rotatable bonds is 0. The summed E-state index contributed by atoms with van der Waals surface area (Å²) in [6.07, 6.45) is 1.51. The van der Waals surface area contributed by atoms with Crippen LogP contribution in [-0.2, 0) is 7.05 Å². The van der Waals surface area contributed by atoms with Gasteiger partial charge in [0.2, 0.25) is 0 Å². The zero-order valence-corrected chi connectivity index (χ0v) is 7.70. The minimum absolute atomic E-state index is 0.242. The maximum absolute atomic E-state index is 11.0. The van der Waals surface area contributed by atoms with E-state index in [1.54, 1.807) is 7.05 Å². The van der Waals surface area contributed by atoms with Crippen LogP contribution in [0.15, 0.2) is 20.1 Å². The largest absolute Gasteiger partial charge is 0.385 e.